The predicted molar refractivity (Wildman–Crippen MR) is 235 cm³/mol. The molecule has 4 aromatic carbocycles. The van der Waals surface area contributed by atoms with Crippen LogP contribution in [0.25, 0.3) is 11.1 Å². The Morgan fingerprint density at radius 3 is 1.45 bits per heavy atom. The molecular weight excluding hydrogens is 799 g/mol. The molecule has 0 N–H and O–H groups in total. The average molecular weight is 867 g/mol. The van der Waals surface area contributed by atoms with Crippen molar-refractivity contribution >= 4 is 6.48 Å². The molecule has 1 unspecified atom stereocenters. The third kappa shape index (κ3) is 9.27. The van der Waals surface area contributed by atoms with Gasteiger partial charge in [-0.2, -0.15) is 0 Å². The molecule has 0 spiro atoms. The normalized spacial score (nSPS) is 15.4. The maximum atomic E-state index is 2.71. The summed E-state index contributed by atoms with van der Waals surface area (Å²) in [6.07, 6.45) is 7.51. The Morgan fingerprint density at radius 2 is 1.02 bits per heavy atom. The minimum Gasteiger partial charge on any atom is -1.00 e. The summed E-state index contributed by atoms with van der Waals surface area (Å²) in [6.45, 7) is 38.0. The van der Waals surface area contributed by atoms with E-state index in [1.165, 1.54) is 50.1 Å². The number of hydrogen-bond donors (Lipinski definition) is 0. The van der Waals surface area contributed by atoms with E-state index in [1.807, 2.05) is 0 Å². The van der Waals surface area contributed by atoms with Crippen LogP contribution in [0, 0.1) is 11.3 Å². The van der Waals surface area contributed by atoms with Crippen molar-refractivity contribution in [3.63, 3.8) is 0 Å². The van der Waals surface area contributed by atoms with Crippen molar-refractivity contribution in [2.45, 2.75) is 145 Å². The Hall–Kier alpha value is -2.31. The molecule has 298 valence electrons. The first-order valence-electron chi connectivity index (χ1n) is 20.6. The summed E-state index contributed by atoms with van der Waals surface area (Å²) in [6, 6.07) is 32.0. The van der Waals surface area contributed by atoms with Gasteiger partial charge in [0.05, 0.1) is 0 Å². The van der Waals surface area contributed by atoms with E-state index in [4.69, 9.17) is 0 Å². The molecule has 2 aliphatic rings. The van der Waals surface area contributed by atoms with Gasteiger partial charge in [-0.15, -0.1) is 0 Å². The Bertz CT molecular complexity index is 2100. The maximum absolute atomic E-state index is 3.08. The van der Waals surface area contributed by atoms with Crippen LogP contribution in [-0.4, -0.2) is 3.21 Å². The molecule has 0 saturated heterocycles. The number of benzene rings is 4. The first-order valence-corrected chi connectivity index (χ1v) is 24.3. The number of hydrogen-bond acceptors (Lipinski definition) is 0. The van der Waals surface area contributed by atoms with Crippen LogP contribution >= 0.6 is 0 Å². The van der Waals surface area contributed by atoms with Gasteiger partial charge in [-0.3, -0.25) is 0 Å². The Balaban J connectivity index is 0.00000348. The van der Waals surface area contributed by atoms with Gasteiger partial charge in [0, 0.05) is 0 Å². The van der Waals surface area contributed by atoms with Gasteiger partial charge in [0.1, 0.15) is 0 Å². The number of allylic oxidation sites excluding steroid dienone is 4. The van der Waals surface area contributed by atoms with E-state index in [0.29, 0.717) is 5.92 Å². The third-order valence-electron chi connectivity index (χ3n) is 12.0. The van der Waals surface area contributed by atoms with Gasteiger partial charge in [0.2, 0.25) is 0 Å². The fourth-order valence-electron chi connectivity index (χ4n) is 8.49. The van der Waals surface area contributed by atoms with Crippen LogP contribution in [0.2, 0.25) is 0 Å². The average Bonchev–Trinajstić information content (AvgIpc) is 3.67. The molecule has 0 bridgehead atoms. The molecule has 0 heterocycles. The SMILES string of the molecule is CCC1C=C(C(C)(C)C)C=[C]1[Zr+2](=[C](c1ccc(C(C)(C)C)cc1)c1ccc(C(C)(C)C)cc1)[c]1c(C(C)(C)C)ccc2c1Cc1cc(C(C)(C)C)ccc1-2.[Cl-].[Cl-]. The van der Waals surface area contributed by atoms with Gasteiger partial charge in [-0.25, -0.2) is 0 Å². The van der Waals surface area contributed by atoms with E-state index in [-0.39, 0.29) is 51.9 Å². The summed E-state index contributed by atoms with van der Waals surface area (Å²) in [5, 5.41) is 0. The van der Waals surface area contributed by atoms with Crippen molar-refractivity contribution in [3.05, 3.63) is 144 Å². The van der Waals surface area contributed by atoms with Crippen molar-refractivity contribution < 1.29 is 46.1 Å². The third-order valence-corrected chi connectivity index (χ3v) is 20.0. The first-order chi connectivity index (χ1) is 24.9. The van der Waals surface area contributed by atoms with E-state index in [0.717, 1.165) is 12.8 Å². The van der Waals surface area contributed by atoms with Crippen LogP contribution in [0.15, 0.2) is 99.9 Å². The summed E-state index contributed by atoms with van der Waals surface area (Å²) < 4.78 is 5.08. The van der Waals surface area contributed by atoms with Crippen LogP contribution in [0.4, 0.5) is 0 Å². The van der Waals surface area contributed by atoms with Gasteiger partial charge < -0.3 is 24.8 Å². The fraction of sp³-hybridized carbons (Fsp3) is 0.453. The minimum absolute atomic E-state index is 0. The van der Waals surface area contributed by atoms with Crippen molar-refractivity contribution in [2.75, 3.05) is 0 Å². The number of halogens is 2. The van der Waals surface area contributed by atoms with Crippen molar-refractivity contribution in [3.8, 4) is 11.1 Å². The molecule has 6 rings (SSSR count). The molecule has 1 atom stereocenters. The molecule has 0 radical (unpaired) electrons. The van der Waals surface area contributed by atoms with Crippen LogP contribution in [0.1, 0.15) is 162 Å². The molecule has 0 saturated carbocycles. The van der Waals surface area contributed by atoms with E-state index in [9.17, 15) is 0 Å². The zero-order chi connectivity index (χ0) is 39.8. The van der Waals surface area contributed by atoms with E-state index in [1.54, 1.807) is 20.9 Å². The Kier molecular flexibility index (Phi) is 13.6. The standard InChI is InChI=1S/C21H25.C21H26.C11H17.2ClH.Zr/c1-20(2,3)16-7-9-18-14(12-16)11-15-13-17(21(4,5)6)8-10-19(15)18;1-20(2,3)18-11-7-16(8-12-18)15-17-9-13-19(14-10-17)21(4,5)6;1-5-9-6-7-10(8-9)11(2,3)4;;;/h7-10,12H,11H2,1-6H3;7-14H,1-6H3;7-9H,5H2,1-4H3;2*1H;/q;;;;;+2/p-2. The maximum Gasteiger partial charge on any atom is -1.00 e. The quantitative estimate of drug-likeness (QED) is 0.169. The van der Waals surface area contributed by atoms with E-state index >= 15 is 0 Å². The van der Waals surface area contributed by atoms with Crippen molar-refractivity contribution in [1.29, 1.82) is 0 Å². The summed E-state index contributed by atoms with van der Waals surface area (Å²) in [4.78, 5) is 0. The van der Waals surface area contributed by atoms with Crippen LogP contribution in [-0.2, 0) is 49.3 Å². The fourth-order valence-corrected chi connectivity index (χ4v) is 18.2. The molecule has 0 aliphatic heterocycles. The molecule has 0 amide bonds. The van der Waals surface area contributed by atoms with Crippen molar-refractivity contribution in [1.82, 2.24) is 0 Å². The van der Waals surface area contributed by atoms with Gasteiger partial charge >= 0.3 is 340 Å². The molecule has 56 heavy (non-hydrogen) atoms. The minimum atomic E-state index is -3.08. The van der Waals surface area contributed by atoms with Gasteiger partial charge in [0.15, 0.2) is 0 Å². The van der Waals surface area contributed by atoms with E-state index < -0.39 is 21.3 Å². The van der Waals surface area contributed by atoms with Gasteiger partial charge in [-0.05, 0) is 0 Å². The Morgan fingerprint density at radius 1 is 0.554 bits per heavy atom. The van der Waals surface area contributed by atoms with Crippen LogP contribution in [0.5, 0.6) is 0 Å². The molecular formula is C53H68Cl2Zr. The molecule has 0 nitrogen and oxygen atoms in total. The molecule has 0 fully saturated rings. The predicted octanol–water partition coefficient (Wildman–Crippen LogP) is 7.86. The number of fused-ring (bicyclic) bond motifs is 3. The van der Waals surface area contributed by atoms with Gasteiger partial charge in [-0.1, -0.05) is 0 Å². The first kappa shape index (κ1) is 46.4. The topological polar surface area (TPSA) is 0 Å². The summed E-state index contributed by atoms with van der Waals surface area (Å²) >= 11 is -3.08. The summed E-state index contributed by atoms with van der Waals surface area (Å²) in [5.74, 6) is 0.450. The second-order valence-corrected chi connectivity index (χ2v) is 27.2. The molecule has 2 aliphatic carbocycles. The zero-order valence-corrected chi connectivity index (χ0v) is 41.4. The summed E-state index contributed by atoms with van der Waals surface area (Å²) in [7, 11) is 0. The van der Waals surface area contributed by atoms with Crippen LogP contribution in [0.3, 0.4) is 0 Å². The molecule has 4 aromatic rings. The zero-order valence-electron chi connectivity index (χ0n) is 37.4. The van der Waals surface area contributed by atoms with Crippen LogP contribution < -0.4 is 28.1 Å². The second kappa shape index (κ2) is 16.4. The second-order valence-electron chi connectivity index (χ2n) is 21.5. The molecule has 0 aromatic heterocycles. The van der Waals surface area contributed by atoms with E-state index in [2.05, 4.69) is 202 Å². The number of rotatable bonds is 5. The Labute approximate surface area is 362 Å². The largest absolute Gasteiger partial charge is 1.00 e. The monoisotopic (exact) mass is 864 g/mol. The molecule has 3 heteroatoms. The van der Waals surface area contributed by atoms with Gasteiger partial charge in [0.25, 0.3) is 0 Å². The smallest absolute Gasteiger partial charge is 1.00 e. The van der Waals surface area contributed by atoms with Crippen molar-refractivity contribution in [2.24, 2.45) is 11.3 Å². The summed E-state index contributed by atoms with van der Waals surface area (Å²) in [5.41, 5.74) is 16.5.